The number of aliphatic hydroxyl groups excluding tert-OH is 1. The average Bonchev–Trinajstić information content (AvgIpc) is 2.54. The predicted molar refractivity (Wildman–Crippen MR) is 58.7 cm³/mol. The van der Waals surface area contributed by atoms with E-state index in [1.807, 2.05) is 6.92 Å². The molecule has 86 valence electrons. The van der Waals surface area contributed by atoms with E-state index in [0.29, 0.717) is 17.5 Å². The lowest BCUT2D eigenvalue weighted by molar-refractivity contribution is -0.117. The van der Waals surface area contributed by atoms with Crippen molar-refractivity contribution < 1.29 is 14.3 Å². The van der Waals surface area contributed by atoms with Gasteiger partial charge in [0.05, 0.1) is 17.7 Å². The molecule has 2 rings (SSSR count). The van der Waals surface area contributed by atoms with E-state index >= 15 is 0 Å². The summed E-state index contributed by atoms with van der Waals surface area (Å²) in [4.78, 5) is 11.6. The lowest BCUT2D eigenvalue weighted by Gasteiger charge is -2.10. The van der Waals surface area contributed by atoms with Crippen LogP contribution in [0.2, 0.25) is 0 Å². The van der Waals surface area contributed by atoms with Crippen LogP contribution in [0.3, 0.4) is 0 Å². The fourth-order valence-corrected chi connectivity index (χ4v) is 2.05. The number of carbonyl (C=O) groups excluding carboxylic acids is 1. The molecule has 4 heteroatoms. The van der Waals surface area contributed by atoms with Gasteiger partial charge in [-0.2, -0.15) is 0 Å². The zero-order chi connectivity index (χ0) is 11.9. The maximum absolute atomic E-state index is 13.7. The van der Waals surface area contributed by atoms with Crippen molar-refractivity contribution in [3.8, 4) is 0 Å². The lowest BCUT2D eigenvalue weighted by atomic mass is 9.95. The van der Waals surface area contributed by atoms with Gasteiger partial charge in [-0.1, -0.05) is 13.0 Å². The summed E-state index contributed by atoms with van der Waals surface area (Å²) in [7, 11) is 0. The standard InChI is InChI=1S/C12H14FNO2/c1-3-8-9-4-7(6(2)15)5-10(13)11(9)14-12(8)16/h4-6,8,15H,3H2,1-2H3,(H,14,16). The Hall–Kier alpha value is -1.42. The van der Waals surface area contributed by atoms with Crippen LogP contribution >= 0.6 is 0 Å². The Kier molecular flexibility index (Phi) is 2.68. The fraction of sp³-hybridized carbons (Fsp3) is 0.417. The van der Waals surface area contributed by atoms with Crippen LogP contribution in [-0.2, 0) is 4.79 Å². The minimum atomic E-state index is -0.729. The second-order valence-corrected chi connectivity index (χ2v) is 4.09. The van der Waals surface area contributed by atoms with Crippen LogP contribution in [0.1, 0.15) is 43.4 Å². The number of anilines is 1. The number of fused-ring (bicyclic) bond motifs is 1. The Balaban J connectivity index is 2.55. The number of halogens is 1. The summed E-state index contributed by atoms with van der Waals surface area (Å²) in [6, 6.07) is 2.97. The van der Waals surface area contributed by atoms with E-state index in [2.05, 4.69) is 5.32 Å². The number of hydrogen-bond donors (Lipinski definition) is 2. The number of rotatable bonds is 2. The van der Waals surface area contributed by atoms with Crippen molar-refractivity contribution >= 4 is 11.6 Å². The molecule has 0 spiro atoms. The van der Waals surface area contributed by atoms with Gasteiger partial charge in [0, 0.05) is 0 Å². The predicted octanol–water partition coefficient (Wildman–Crippen LogP) is 2.32. The van der Waals surface area contributed by atoms with Crippen molar-refractivity contribution in [2.75, 3.05) is 5.32 Å². The van der Waals surface area contributed by atoms with Gasteiger partial charge < -0.3 is 10.4 Å². The molecule has 0 bridgehead atoms. The van der Waals surface area contributed by atoms with E-state index in [4.69, 9.17) is 0 Å². The molecule has 0 aliphatic carbocycles. The number of nitrogens with one attached hydrogen (secondary N) is 1. The van der Waals surface area contributed by atoms with Crippen LogP contribution in [0.5, 0.6) is 0 Å². The Bertz CT molecular complexity index is 443. The van der Waals surface area contributed by atoms with Gasteiger partial charge in [-0.3, -0.25) is 4.79 Å². The monoisotopic (exact) mass is 223 g/mol. The van der Waals surface area contributed by atoms with E-state index in [-0.39, 0.29) is 17.5 Å². The van der Waals surface area contributed by atoms with Crippen molar-refractivity contribution in [3.05, 3.63) is 29.1 Å². The number of benzene rings is 1. The second kappa shape index (κ2) is 3.87. The van der Waals surface area contributed by atoms with Crippen molar-refractivity contribution in [3.63, 3.8) is 0 Å². The topological polar surface area (TPSA) is 49.3 Å². The number of amides is 1. The first-order valence-electron chi connectivity index (χ1n) is 5.36. The minimum absolute atomic E-state index is 0.167. The first-order valence-corrected chi connectivity index (χ1v) is 5.36. The zero-order valence-corrected chi connectivity index (χ0v) is 9.25. The highest BCUT2D eigenvalue weighted by molar-refractivity contribution is 6.03. The van der Waals surface area contributed by atoms with Crippen molar-refractivity contribution in [1.29, 1.82) is 0 Å². The maximum atomic E-state index is 13.7. The summed E-state index contributed by atoms with van der Waals surface area (Å²) in [5.74, 6) is -0.944. The minimum Gasteiger partial charge on any atom is -0.389 e. The summed E-state index contributed by atoms with van der Waals surface area (Å²) in [5.41, 5.74) is 1.43. The molecule has 1 amide bonds. The molecular weight excluding hydrogens is 209 g/mol. The third-order valence-corrected chi connectivity index (χ3v) is 2.97. The molecule has 1 aliphatic rings. The maximum Gasteiger partial charge on any atom is 0.232 e. The van der Waals surface area contributed by atoms with Gasteiger partial charge in [-0.25, -0.2) is 4.39 Å². The van der Waals surface area contributed by atoms with Gasteiger partial charge in [-0.15, -0.1) is 0 Å². The number of carbonyl (C=O) groups is 1. The summed E-state index contributed by atoms with van der Waals surface area (Å²) >= 11 is 0. The highest BCUT2D eigenvalue weighted by Crippen LogP contribution is 2.38. The molecule has 16 heavy (non-hydrogen) atoms. The van der Waals surface area contributed by atoms with E-state index in [1.165, 1.54) is 6.07 Å². The van der Waals surface area contributed by atoms with E-state index < -0.39 is 11.9 Å². The number of aliphatic hydroxyl groups is 1. The average molecular weight is 223 g/mol. The highest BCUT2D eigenvalue weighted by atomic mass is 19.1. The Morgan fingerprint density at radius 3 is 2.81 bits per heavy atom. The van der Waals surface area contributed by atoms with Crippen LogP contribution in [0.25, 0.3) is 0 Å². The van der Waals surface area contributed by atoms with Crippen LogP contribution in [0, 0.1) is 5.82 Å². The molecule has 1 heterocycles. The van der Waals surface area contributed by atoms with Crippen molar-refractivity contribution in [2.45, 2.75) is 32.3 Å². The van der Waals surface area contributed by atoms with E-state index in [0.717, 1.165) is 0 Å². The van der Waals surface area contributed by atoms with Gasteiger partial charge in [0.25, 0.3) is 0 Å². The van der Waals surface area contributed by atoms with Crippen LogP contribution in [0.4, 0.5) is 10.1 Å². The molecule has 0 fully saturated rings. The van der Waals surface area contributed by atoms with Crippen molar-refractivity contribution in [1.82, 2.24) is 0 Å². The summed E-state index contributed by atoms with van der Waals surface area (Å²) < 4.78 is 13.7. The molecule has 0 saturated carbocycles. The largest absolute Gasteiger partial charge is 0.389 e. The lowest BCUT2D eigenvalue weighted by Crippen LogP contribution is -2.10. The van der Waals surface area contributed by atoms with Crippen LogP contribution in [-0.4, -0.2) is 11.0 Å². The van der Waals surface area contributed by atoms with Crippen LogP contribution in [0.15, 0.2) is 12.1 Å². The molecule has 3 nitrogen and oxygen atoms in total. The summed E-state index contributed by atoms with van der Waals surface area (Å²) in [6.07, 6.45) is -0.102. The first-order chi connectivity index (χ1) is 7.54. The Morgan fingerprint density at radius 1 is 1.56 bits per heavy atom. The van der Waals surface area contributed by atoms with Crippen molar-refractivity contribution in [2.24, 2.45) is 0 Å². The molecule has 2 unspecified atom stereocenters. The normalized spacial score (nSPS) is 20.5. The second-order valence-electron chi connectivity index (χ2n) is 4.09. The molecule has 2 atom stereocenters. The van der Waals surface area contributed by atoms with Gasteiger partial charge >= 0.3 is 0 Å². The van der Waals surface area contributed by atoms with Gasteiger partial charge in [0.2, 0.25) is 5.91 Å². The molecule has 1 aliphatic heterocycles. The molecule has 1 aromatic rings. The third kappa shape index (κ3) is 1.59. The fourth-order valence-electron chi connectivity index (χ4n) is 2.05. The van der Waals surface area contributed by atoms with Gasteiger partial charge in [0.15, 0.2) is 0 Å². The first kappa shape index (κ1) is 11.1. The third-order valence-electron chi connectivity index (χ3n) is 2.97. The SMILES string of the molecule is CCC1C(=O)Nc2c(F)cc(C(C)O)cc21. The highest BCUT2D eigenvalue weighted by Gasteiger charge is 2.31. The van der Waals surface area contributed by atoms with Crippen LogP contribution < -0.4 is 5.32 Å². The Morgan fingerprint density at radius 2 is 2.25 bits per heavy atom. The molecular formula is C12H14FNO2. The summed E-state index contributed by atoms with van der Waals surface area (Å²) in [6.45, 7) is 3.46. The zero-order valence-electron chi connectivity index (χ0n) is 9.25. The Labute approximate surface area is 93.3 Å². The van der Waals surface area contributed by atoms with Gasteiger partial charge in [0.1, 0.15) is 5.82 Å². The smallest absolute Gasteiger partial charge is 0.232 e. The molecule has 0 radical (unpaired) electrons. The quantitative estimate of drug-likeness (QED) is 0.808. The van der Waals surface area contributed by atoms with E-state index in [1.54, 1.807) is 13.0 Å². The molecule has 1 aromatic carbocycles. The molecule has 0 saturated heterocycles. The molecule has 2 N–H and O–H groups in total. The summed E-state index contributed by atoms with van der Waals surface area (Å²) in [5, 5.41) is 12.0. The number of hydrogen-bond acceptors (Lipinski definition) is 2. The van der Waals surface area contributed by atoms with Gasteiger partial charge in [-0.05, 0) is 30.5 Å². The van der Waals surface area contributed by atoms with E-state index in [9.17, 15) is 14.3 Å². The molecule has 0 aromatic heterocycles.